The number of piperidine rings is 1. The largest absolute Gasteiger partial charge is 0.385 e. The van der Waals surface area contributed by atoms with Crippen LogP contribution in [0.25, 0.3) is 10.9 Å². The fourth-order valence-corrected chi connectivity index (χ4v) is 6.32. The fraction of sp³-hybridized carbons (Fsp3) is 0.484. The van der Waals surface area contributed by atoms with Gasteiger partial charge < -0.3 is 25.3 Å². The summed E-state index contributed by atoms with van der Waals surface area (Å²) < 4.78 is 7.79. The summed E-state index contributed by atoms with van der Waals surface area (Å²) in [6.45, 7) is 6.74. The SMILES string of the molecule is COCCCn1c(C2CCCN(C(=O)C[C@H](N)Cc3ccc(N4CCNC4=O)cc3)C2)c(C)c2ccccc21. The van der Waals surface area contributed by atoms with Crippen molar-refractivity contribution in [2.24, 2.45) is 5.73 Å². The van der Waals surface area contributed by atoms with Gasteiger partial charge in [0.2, 0.25) is 5.91 Å². The van der Waals surface area contributed by atoms with Gasteiger partial charge >= 0.3 is 6.03 Å². The number of aryl methyl sites for hydroxylation is 2. The summed E-state index contributed by atoms with van der Waals surface area (Å²) in [6.07, 6.45) is 3.99. The number of aromatic nitrogens is 1. The van der Waals surface area contributed by atoms with Crippen LogP contribution in [0.5, 0.6) is 0 Å². The molecule has 3 amide bonds. The summed E-state index contributed by atoms with van der Waals surface area (Å²) in [5.41, 5.74) is 12.4. The highest BCUT2D eigenvalue weighted by molar-refractivity contribution is 5.94. The fourth-order valence-electron chi connectivity index (χ4n) is 6.32. The predicted molar refractivity (Wildman–Crippen MR) is 155 cm³/mol. The Morgan fingerprint density at radius 3 is 2.69 bits per heavy atom. The second-order valence-corrected chi connectivity index (χ2v) is 10.9. The lowest BCUT2D eigenvalue weighted by Crippen LogP contribution is -2.42. The number of methoxy groups -OCH3 is 1. The highest BCUT2D eigenvalue weighted by Gasteiger charge is 2.30. The number of carbonyl (C=O) groups is 2. The maximum atomic E-state index is 13.4. The third-order valence-electron chi connectivity index (χ3n) is 8.20. The van der Waals surface area contributed by atoms with Gasteiger partial charge in [-0.05, 0) is 61.9 Å². The van der Waals surface area contributed by atoms with Gasteiger partial charge in [0.15, 0.2) is 0 Å². The van der Waals surface area contributed by atoms with Gasteiger partial charge in [0, 0.05) is 87.1 Å². The first kappa shape index (κ1) is 27.2. The molecule has 3 heterocycles. The van der Waals surface area contributed by atoms with Crippen LogP contribution in [-0.2, 0) is 22.5 Å². The van der Waals surface area contributed by atoms with Gasteiger partial charge in [-0.3, -0.25) is 9.69 Å². The lowest BCUT2D eigenvalue weighted by Gasteiger charge is -2.34. The van der Waals surface area contributed by atoms with Crippen LogP contribution < -0.4 is 16.0 Å². The number of rotatable bonds is 10. The van der Waals surface area contributed by atoms with E-state index in [0.29, 0.717) is 31.8 Å². The standard InChI is InChI=1S/C31H41N5O3/c1-22-27-8-3-4-9-28(27)36(16-6-18-39-2)30(22)24-7-5-15-34(21-24)29(37)20-25(32)19-23-10-12-26(13-11-23)35-17-14-33-31(35)38/h3-4,8-13,24-25H,5-7,14-21,32H2,1-2H3,(H,33,38)/t24?,25-/m1/s1. The van der Waals surface area contributed by atoms with E-state index in [4.69, 9.17) is 10.5 Å². The maximum Gasteiger partial charge on any atom is 0.321 e. The molecule has 2 aliphatic heterocycles. The van der Waals surface area contributed by atoms with Crippen LogP contribution >= 0.6 is 0 Å². The van der Waals surface area contributed by atoms with Crippen LogP contribution in [0, 0.1) is 6.92 Å². The van der Waals surface area contributed by atoms with Gasteiger partial charge in [0.1, 0.15) is 0 Å². The number of nitrogens with zero attached hydrogens (tertiary/aromatic N) is 3. The Labute approximate surface area is 231 Å². The van der Waals surface area contributed by atoms with Crippen molar-refractivity contribution in [3.05, 3.63) is 65.4 Å². The van der Waals surface area contributed by atoms with Crippen LogP contribution in [0.1, 0.15) is 48.4 Å². The third-order valence-corrected chi connectivity index (χ3v) is 8.20. The molecule has 39 heavy (non-hydrogen) atoms. The van der Waals surface area contributed by atoms with Gasteiger partial charge in [-0.25, -0.2) is 4.79 Å². The number of carbonyl (C=O) groups excluding carboxylic acids is 2. The second kappa shape index (κ2) is 12.2. The van der Waals surface area contributed by atoms with Crippen molar-refractivity contribution in [2.45, 2.75) is 57.5 Å². The molecule has 2 saturated heterocycles. The number of fused-ring (bicyclic) bond motifs is 1. The van der Waals surface area contributed by atoms with E-state index in [2.05, 4.69) is 41.1 Å². The molecule has 2 atom stereocenters. The molecule has 5 rings (SSSR count). The van der Waals surface area contributed by atoms with Crippen molar-refractivity contribution in [3.63, 3.8) is 0 Å². The highest BCUT2D eigenvalue weighted by atomic mass is 16.5. The Morgan fingerprint density at radius 1 is 1.15 bits per heavy atom. The van der Waals surface area contributed by atoms with Crippen LogP contribution in [-0.4, -0.2) is 67.3 Å². The van der Waals surface area contributed by atoms with E-state index in [9.17, 15) is 9.59 Å². The van der Waals surface area contributed by atoms with Gasteiger partial charge in [-0.1, -0.05) is 30.3 Å². The average molecular weight is 532 g/mol. The van der Waals surface area contributed by atoms with Crippen molar-refractivity contribution >= 4 is 28.5 Å². The number of nitrogens with one attached hydrogen (secondary N) is 1. The monoisotopic (exact) mass is 531 g/mol. The first-order chi connectivity index (χ1) is 19.0. The van der Waals surface area contributed by atoms with Crippen LogP contribution in [0.15, 0.2) is 48.5 Å². The molecule has 3 aromatic rings. The average Bonchev–Trinajstić information content (AvgIpc) is 3.50. The van der Waals surface area contributed by atoms with E-state index in [0.717, 1.165) is 56.8 Å². The molecule has 0 saturated carbocycles. The normalized spacial score (nSPS) is 18.5. The first-order valence-electron chi connectivity index (χ1n) is 14.2. The van der Waals surface area contributed by atoms with E-state index < -0.39 is 0 Å². The van der Waals surface area contributed by atoms with Crippen LogP contribution in [0.3, 0.4) is 0 Å². The highest BCUT2D eigenvalue weighted by Crippen LogP contribution is 2.36. The van der Waals surface area contributed by atoms with Crippen LogP contribution in [0.2, 0.25) is 0 Å². The number of amides is 3. The van der Waals surface area contributed by atoms with Crippen LogP contribution in [0.4, 0.5) is 10.5 Å². The number of nitrogens with two attached hydrogens (primary N) is 1. The number of hydrogen-bond acceptors (Lipinski definition) is 4. The number of likely N-dealkylation sites (tertiary alicyclic amines) is 1. The molecule has 0 spiro atoms. The van der Waals surface area contributed by atoms with Crippen molar-refractivity contribution < 1.29 is 14.3 Å². The molecule has 3 N–H and O–H groups in total. The quantitative estimate of drug-likeness (QED) is 0.384. The molecule has 8 heteroatoms. The Morgan fingerprint density at radius 2 is 1.95 bits per heavy atom. The third kappa shape index (κ3) is 5.97. The molecule has 0 radical (unpaired) electrons. The van der Waals surface area contributed by atoms with E-state index >= 15 is 0 Å². The summed E-state index contributed by atoms with van der Waals surface area (Å²) in [4.78, 5) is 29.0. The summed E-state index contributed by atoms with van der Waals surface area (Å²) in [6, 6.07) is 16.2. The molecule has 8 nitrogen and oxygen atoms in total. The lowest BCUT2D eigenvalue weighted by molar-refractivity contribution is -0.132. The lowest BCUT2D eigenvalue weighted by atomic mass is 9.91. The summed E-state index contributed by atoms with van der Waals surface area (Å²) in [7, 11) is 1.75. The summed E-state index contributed by atoms with van der Waals surface area (Å²) in [5.74, 6) is 0.446. The Bertz CT molecular complexity index is 1300. The van der Waals surface area contributed by atoms with Gasteiger partial charge in [-0.15, -0.1) is 0 Å². The summed E-state index contributed by atoms with van der Waals surface area (Å²) in [5, 5.41) is 4.12. The van der Waals surface area contributed by atoms with E-state index in [1.165, 1.54) is 22.2 Å². The smallest absolute Gasteiger partial charge is 0.321 e. The zero-order valence-corrected chi connectivity index (χ0v) is 23.2. The molecule has 2 aromatic carbocycles. The van der Waals surface area contributed by atoms with E-state index in [-0.39, 0.29) is 18.0 Å². The van der Waals surface area contributed by atoms with E-state index in [1.807, 2.05) is 29.2 Å². The van der Waals surface area contributed by atoms with Crippen molar-refractivity contribution in [1.82, 2.24) is 14.8 Å². The number of anilines is 1. The number of benzene rings is 2. The van der Waals surface area contributed by atoms with Gasteiger partial charge in [0.05, 0.1) is 0 Å². The zero-order chi connectivity index (χ0) is 27.4. The minimum absolute atomic E-state index is 0.0598. The Kier molecular flexibility index (Phi) is 8.53. The zero-order valence-electron chi connectivity index (χ0n) is 23.2. The molecular weight excluding hydrogens is 490 g/mol. The van der Waals surface area contributed by atoms with Crippen molar-refractivity contribution in [3.8, 4) is 0 Å². The molecule has 0 aliphatic carbocycles. The number of para-hydroxylation sites is 1. The Balaban J connectivity index is 1.23. The molecule has 1 unspecified atom stereocenters. The minimum Gasteiger partial charge on any atom is -0.385 e. The number of hydrogen-bond donors (Lipinski definition) is 2. The number of urea groups is 1. The molecule has 208 valence electrons. The molecule has 0 bridgehead atoms. The molecule has 1 aromatic heterocycles. The molecule has 2 fully saturated rings. The topological polar surface area (TPSA) is 92.8 Å². The van der Waals surface area contributed by atoms with Gasteiger partial charge in [-0.2, -0.15) is 0 Å². The molecular formula is C31H41N5O3. The number of ether oxygens (including phenoxy) is 1. The Hall–Kier alpha value is -3.36. The van der Waals surface area contributed by atoms with Crippen molar-refractivity contribution in [2.75, 3.05) is 44.8 Å². The first-order valence-corrected chi connectivity index (χ1v) is 14.2. The predicted octanol–water partition coefficient (Wildman–Crippen LogP) is 4.18. The van der Waals surface area contributed by atoms with Crippen molar-refractivity contribution in [1.29, 1.82) is 0 Å². The maximum absolute atomic E-state index is 13.4. The molecule has 2 aliphatic rings. The van der Waals surface area contributed by atoms with E-state index in [1.54, 1.807) is 12.0 Å². The summed E-state index contributed by atoms with van der Waals surface area (Å²) >= 11 is 0. The minimum atomic E-state index is -0.249. The van der Waals surface area contributed by atoms with Gasteiger partial charge in [0.25, 0.3) is 0 Å². The second-order valence-electron chi connectivity index (χ2n) is 10.9.